The lowest BCUT2D eigenvalue weighted by molar-refractivity contribution is 0.0569. The molecule has 0 saturated carbocycles. The van der Waals surface area contributed by atoms with Gasteiger partial charge in [0, 0.05) is 41.4 Å². The van der Waals surface area contributed by atoms with E-state index in [0.717, 1.165) is 16.4 Å². The Balaban J connectivity index is 1.46. The minimum absolute atomic E-state index is 0.276. The van der Waals surface area contributed by atoms with Crippen LogP contribution in [0.3, 0.4) is 0 Å². The zero-order valence-corrected chi connectivity index (χ0v) is 26.7. The molecule has 238 valence electrons. The van der Waals surface area contributed by atoms with Gasteiger partial charge in [-0.3, -0.25) is 9.69 Å². The summed E-state index contributed by atoms with van der Waals surface area (Å²) in [4.78, 5) is 38.0. The topological polar surface area (TPSA) is 101 Å². The van der Waals surface area contributed by atoms with Crippen LogP contribution >= 0.6 is 0 Å². The van der Waals surface area contributed by atoms with Crippen molar-refractivity contribution in [1.29, 1.82) is 0 Å². The van der Waals surface area contributed by atoms with Crippen molar-refractivity contribution in [2.45, 2.75) is 26.4 Å². The van der Waals surface area contributed by atoms with Gasteiger partial charge in [-0.1, -0.05) is 48.5 Å². The SMILES string of the molecule is COCCN(C(=O)OC(C)(C)C)c1ccc(C(=O)N(c2ccccc2)N(c2ccncn2)c2cccc3c2oc2ccccc23)cc1. The van der Waals surface area contributed by atoms with E-state index in [-0.39, 0.29) is 12.5 Å². The predicted octanol–water partition coefficient (Wildman–Crippen LogP) is 8.16. The Morgan fingerprint density at radius 1 is 0.809 bits per heavy atom. The lowest BCUT2D eigenvalue weighted by atomic mass is 10.1. The Bertz CT molecular complexity index is 1990. The van der Waals surface area contributed by atoms with Gasteiger partial charge in [-0.05, 0) is 69.3 Å². The van der Waals surface area contributed by atoms with Gasteiger partial charge in [0.2, 0.25) is 0 Å². The molecule has 0 spiro atoms. The zero-order chi connectivity index (χ0) is 33.0. The molecule has 6 aromatic rings. The van der Waals surface area contributed by atoms with E-state index in [9.17, 15) is 9.59 Å². The van der Waals surface area contributed by atoms with Crippen LogP contribution in [0.4, 0.5) is 27.7 Å². The maximum absolute atomic E-state index is 14.7. The summed E-state index contributed by atoms with van der Waals surface area (Å²) in [6, 6.07) is 31.6. The molecule has 0 aliphatic heterocycles. The second-order valence-corrected chi connectivity index (χ2v) is 11.8. The van der Waals surface area contributed by atoms with E-state index < -0.39 is 11.7 Å². The largest absolute Gasteiger partial charge is 0.454 e. The Labute approximate surface area is 272 Å². The van der Waals surface area contributed by atoms with E-state index in [0.29, 0.717) is 40.6 Å². The fraction of sp³-hybridized carbons (Fsp3) is 0.189. The summed E-state index contributed by atoms with van der Waals surface area (Å²) in [6.07, 6.45) is 2.56. The van der Waals surface area contributed by atoms with Crippen LogP contribution < -0.4 is 14.9 Å². The summed E-state index contributed by atoms with van der Waals surface area (Å²) >= 11 is 0. The van der Waals surface area contributed by atoms with Crippen molar-refractivity contribution >= 4 is 56.8 Å². The van der Waals surface area contributed by atoms with Gasteiger partial charge in [0.1, 0.15) is 23.2 Å². The normalized spacial score (nSPS) is 11.4. The van der Waals surface area contributed by atoms with Crippen LogP contribution in [0, 0.1) is 0 Å². The molecule has 0 N–H and O–H groups in total. The van der Waals surface area contributed by atoms with Crippen LogP contribution in [0.5, 0.6) is 0 Å². The van der Waals surface area contributed by atoms with Gasteiger partial charge < -0.3 is 13.9 Å². The van der Waals surface area contributed by atoms with Crippen LogP contribution in [0.2, 0.25) is 0 Å². The average Bonchev–Trinajstić information content (AvgIpc) is 3.47. The van der Waals surface area contributed by atoms with Crippen molar-refractivity contribution in [2.75, 3.05) is 35.2 Å². The average molecular weight is 630 g/mol. The second kappa shape index (κ2) is 13.3. The van der Waals surface area contributed by atoms with E-state index in [1.54, 1.807) is 53.7 Å². The molecule has 2 aromatic heterocycles. The van der Waals surface area contributed by atoms with Crippen molar-refractivity contribution in [3.63, 3.8) is 0 Å². The van der Waals surface area contributed by atoms with Gasteiger partial charge in [0.25, 0.3) is 5.91 Å². The molecule has 0 atom stereocenters. The number of hydrazine groups is 1. The van der Waals surface area contributed by atoms with Gasteiger partial charge >= 0.3 is 6.09 Å². The number of amides is 2. The third kappa shape index (κ3) is 6.63. The first kappa shape index (κ1) is 31.3. The number of carbonyl (C=O) groups excluding carboxylic acids is 2. The molecule has 0 aliphatic rings. The van der Waals surface area contributed by atoms with E-state index in [2.05, 4.69) is 9.97 Å². The van der Waals surface area contributed by atoms with Crippen LogP contribution in [0.25, 0.3) is 21.9 Å². The molecule has 0 unspecified atom stereocenters. The summed E-state index contributed by atoms with van der Waals surface area (Å²) in [7, 11) is 1.57. The number of furan rings is 1. The van der Waals surface area contributed by atoms with E-state index in [1.807, 2.05) is 93.6 Å². The number of fused-ring (bicyclic) bond motifs is 3. The fourth-order valence-electron chi connectivity index (χ4n) is 5.27. The standard InChI is InChI=1S/C37H35N5O5/c1-37(2,3)47-36(44)40(23-24-45-4)27-19-17-26(18-20-27)35(43)41(28-11-6-5-7-12-28)42(33-21-22-38-25-39-33)31-15-10-14-30-29-13-8-9-16-32(29)46-34(30)31/h5-22,25H,23-24H2,1-4H3. The number of hydrogen-bond acceptors (Lipinski definition) is 8. The number of anilines is 4. The lowest BCUT2D eigenvalue weighted by Gasteiger charge is -2.35. The minimum Gasteiger partial charge on any atom is -0.454 e. The Hall–Kier alpha value is -5.74. The summed E-state index contributed by atoms with van der Waals surface area (Å²) in [6.45, 7) is 6.03. The van der Waals surface area contributed by atoms with Crippen molar-refractivity contribution in [3.8, 4) is 0 Å². The monoisotopic (exact) mass is 629 g/mol. The van der Waals surface area contributed by atoms with Crippen LogP contribution in [-0.4, -0.2) is 47.8 Å². The summed E-state index contributed by atoms with van der Waals surface area (Å²) < 4.78 is 17.3. The highest BCUT2D eigenvalue weighted by Crippen LogP contribution is 2.39. The van der Waals surface area contributed by atoms with Crippen LogP contribution in [0.1, 0.15) is 31.1 Å². The number of para-hydroxylation sites is 3. The molecule has 47 heavy (non-hydrogen) atoms. The number of methoxy groups -OCH3 is 1. The van der Waals surface area contributed by atoms with Gasteiger partial charge in [-0.25, -0.2) is 24.8 Å². The van der Waals surface area contributed by atoms with Gasteiger partial charge in [-0.15, -0.1) is 0 Å². The van der Waals surface area contributed by atoms with Gasteiger partial charge in [-0.2, -0.15) is 0 Å². The molecule has 0 radical (unpaired) electrons. The second-order valence-electron chi connectivity index (χ2n) is 11.8. The highest BCUT2D eigenvalue weighted by atomic mass is 16.6. The first-order valence-electron chi connectivity index (χ1n) is 15.2. The highest BCUT2D eigenvalue weighted by molar-refractivity contribution is 6.13. The Morgan fingerprint density at radius 3 is 2.23 bits per heavy atom. The first-order valence-corrected chi connectivity index (χ1v) is 15.2. The zero-order valence-electron chi connectivity index (χ0n) is 26.7. The quantitative estimate of drug-likeness (QED) is 0.148. The number of carbonyl (C=O) groups is 2. The third-order valence-corrected chi connectivity index (χ3v) is 7.35. The maximum Gasteiger partial charge on any atom is 0.414 e. The molecule has 0 aliphatic carbocycles. The lowest BCUT2D eigenvalue weighted by Crippen LogP contribution is -2.45. The van der Waals surface area contributed by atoms with Crippen molar-refractivity contribution in [1.82, 2.24) is 9.97 Å². The first-order chi connectivity index (χ1) is 22.7. The predicted molar refractivity (Wildman–Crippen MR) is 183 cm³/mol. The third-order valence-electron chi connectivity index (χ3n) is 7.35. The number of benzene rings is 4. The van der Waals surface area contributed by atoms with Gasteiger partial charge in [0.05, 0.1) is 18.8 Å². The number of aromatic nitrogens is 2. The Morgan fingerprint density at radius 2 is 1.53 bits per heavy atom. The molecule has 2 amide bonds. The van der Waals surface area contributed by atoms with E-state index in [1.165, 1.54) is 11.2 Å². The number of hydrogen-bond donors (Lipinski definition) is 0. The molecule has 10 nitrogen and oxygen atoms in total. The van der Waals surface area contributed by atoms with Crippen molar-refractivity contribution in [3.05, 3.63) is 121 Å². The number of rotatable bonds is 9. The maximum atomic E-state index is 14.7. The molecule has 0 fully saturated rings. The van der Waals surface area contributed by atoms with Crippen LogP contribution in [-0.2, 0) is 9.47 Å². The van der Waals surface area contributed by atoms with Crippen LogP contribution in [0.15, 0.2) is 120 Å². The minimum atomic E-state index is -0.679. The highest BCUT2D eigenvalue weighted by Gasteiger charge is 2.31. The fourth-order valence-corrected chi connectivity index (χ4v) is 5.27. The number of ether oxygens (including phenoxy) is 2. The van der Waals surface area contributed by atoms with E-state index in [4.69, 9.17) is 13.9 Å². The van der Waals surface area contributed by atoms with Crippen molar-refractivity contribution in [2.24, 2.45) is 0 Å². The van der Waals surface area contributed by atoms with Crippen molar-refractivity contribution < 1.29 is 23.5 Å². The molecule has 10 heteroatoms. The molecule has 2 heterocycles. The molecule has 4 aromatic carbocycles. The molecular weight excluding hydrogens is 594 g/mol. The molecule has 0 saturated heterocycles. The summed E-state index contributed by atoms with van der Waals surface area (Å²) in [5, 5.41) is 5.17. The van der Waals surface area contributed by atoms with Gasteiger partial charge in [0.15, 0.2) is 11.4 Å². The summed E-state index contributed by atoms with van der Waals surface area (Å²) in [5.74, 6) is 0.118. The number of nitrogens with zero attached hydrogens (tertiary/aromatic N) is 5. The molecule has 0 bridgehead atoms. The molecule has 6 rings (SSSR count). The van der Waals surface area contributed by atoms with E-state index >= 15 is 0 Å². The summed E-state index contributed by atoms with van der Waals surface area (Å²) in [5.41, 5.74) is 2.81. The smallest absolute Gasteiger partial charge is 0.414 e. The molecular formula is C37H35N5O5. The Kier molecular flexibility index (Phi) is 8.86.